The molecule has 0 aliphatic carbocycles. The first-order valence-electron chi connectivity index (χ1n) is 5.70. The number of carboxylic acid groups (broad SMARTS) is 1. The highest BCUT2D eigenvalue weighted by Crippen LogP contribution is 2.30. The first kappa shape index (κ1) is 16.1. The summed E-state index contributed by atoms with van der Waals surface area (Å²) < 4.78 is 29.0. The number of hydrogen-bond donors (Lipinski definition) is 2. The van der Waals surface area contributed by atoms with Gasteiger partial charge in [0.05, 0.1) is 14.9 Å². The summed E-state index contributed by atoms with van der Waals surface area (Å²) in [6, 6.07) is 0.0617. The molecule has 1 unspecified atom stereocenters. The van der Waals surface area contributed by atoms with Crippen LogP contribution < -0.4 is 4.72 Å². The Bertz CT molecular complexity index is 781. The van der Waals surface area contributed by atoms with E-state index in [0.29, 0.717) is 8.66 Å². The van der Waals surface area contributed by atoms with E-state index in [1.165, 1.54) is 34.5 Å². The Kier molecular flexibility index (Phi) is 4.51. The number of aryl methyl sites for hydroxylation is 2. The first-order chi connectivity index (χ1) is 9.70. The van der Waals surface area contributed by atoms with Crippen LogP contribution in [0.3, 0.4) is 0 Å². The van der Waals surface area contributed by atoms with Crippen LogP contribution >= 0.6 is 27.3 Å². The number of sulfonamides is 1. The van der Waals surface area contributed by atoms with Gasteiger partial charge in [0.2, 0.25) is 10.0 Å². The summed E-state index contributed by atoms with van der Waals surface area (Å²) in [4.78, 5) is 12.0. The zero-order valence-electron chi connectivity index (χ0n) is 11.1. The highest BCUT2D eigenvalue weighted by Gasteiger charge is 2.29. The summed E-state index contributed by atoms with van der Waals surface area (Å²) in [5, 5.41) is 13.1. The van der Waals surface area contributed by atoms with Gasteiger partial charge in [-0.05, 0) is 28.9 Å². The van der Waals surface area contributed by atoms with E-state index in [0.717, 1.165) is 0 Å². The van der Waals surface area contributed by atoms with Crippen molar-refractivity contribution in [2.75, 3.05) is 0 Å². The minimum Gasteiger partial charge on any atom is -0.480 e. The van der Waals surface area contributed by atoms with Gasteiger partial charge in [0, 0.05) is 23.7 Å². The summed E-state index contributed by atoms with van der Waals surface area (Å²) in [6.45, 7) is 1.66. The van der Waals surface area contributed by atoms with E-state index in [4.69, 9.17) is 0 Å². The molecule has 0 aliphatic rings. The maximum atomic E-state index is 12.3. The Balaban J connectivity index is 2.37. The maximum Gasteiger partial charge on any atom is 0.326 e. The molecular weight excluding hydrogens is 382 g/mol. The summed E-state index contributed by atoms with van der Waals surface area (Å²) in [6.07, 6.45) is 2.77. The molecule has 21 heavy (non-hydrogen) atoms. The molecule has 0 aliphatic heterocycles. The van der Waals surface area contributed by atoms with Crippen LogP contribution in [0.1, 0.15) is 16.5 Å². The lowest BCUT2D eigenvalue weighted by Gasteiger charge is -2.13. The van der Waals surface area contributed by atoms with Gasteiger partial charge < -0.3 is 5.11 Å². The van der Waals surface area contributed by atoms with Gasteiger partial charge in [0.1, 0.15) is 6.04 Å². The minimum atomic E-state index is -3.94. The molecule has 114 valence electrons. The van der Waals surface area contributed by atoms with Crippen molar-refractivity contribution in [3.63, 3.8) is 0 Å². The van der Waals surface area contributed by atoms with Gasteiger partial charge in [0.25, 0.3) is 0 Å². The van der Waals surface area contributed by atoms with Crippen molar-refractivity contribution < 1.29 is 18.3 Å². The lowest BCUT2D eigenvalue weighted by Crippen LogP contribution is -2.33. The van der Waals surface area contributed by atoms with Gasteiger partial charge in [0.15, 0.2) is 0 Å². The van der Waals surface area contributed by atoms with Crippen molar-refractivity contribution in [1.29, 1.82) is 0 Å². The number of nitrogens with one attached hydrogen (secondary N) is 1. The molecule has 0 bridgehead atoms. The number of thiophene rings is 1. The number of rotatable bonds is 5. The molecule has 0 saturated heterocycles. The molecule has 2 N–H and O–H groups in total. The fourth-order valence-corrected chi connectivity index (χ4v) is 5.36. The molecule has 0 aromatic carbocycles. The number of hydrogen-bond acceptors (Lipinski definition) is 5. The van der Waals surface area contributed by atoms with Crippen molar-refractivity contribution in [2.24, 2.45) is 7.05 Å². The van der Waals surface area contributed by atoms with Crippen molar-refractivity contribution in [3.8, 4) is 0 Å². The van der Waals surface area contributed by atoms with Crippen LogP contribution in [-0.4, -0.2) is 29.3 Å². The molecule has 2 heterocycles. The van der Waals surface area contributed by atoms with Crippen LogP contribution in [0, 0.1) is 6.92 Å². The van der Waals surface area contributed by atoms with Crippen molar-refractivity contribution >= 4 is 43.3 Å². The standard InChI is InChI=1S/C11H12BrN3O4S2/c1-6-8(3-9(12)20-6)21(18,19)14-10(11(16)17)7-4-13-15(2)5-7/h3-5,10,14H,1-2H3,(H,16,17). The SMILES string of the molecule is Cc1sc(Br)cc1S(=O)(=O)NC(C(=O)O)c1cnn(C)c1. The summed E-state index contributed by atoms with van der Waals surface area (Å²) >= 11 is 4.48. The molecule has 7 nitrogen and oxygen atoms in total. The molecule has 2 rings (SSSR count). The average Bonchev–Trinajstić information content (AvgIpc) is 2.92. The van der Waals surface area contributed by atoms with E-state index in [1.54, 1.807) is 14.0 Å². The number of aromatic nitrogens is 2. The van der Waals surface area contributed by atoms with E-state index in [9.17, 15) is 18.3 Å². The number of aliphatic carboxylic acids is 1. The maximum absolute atomic E-state index is 12.3. The molecule has 2 aromatic rings. The molecular formula is C11H12BrN3O4S2. The summed E-state index contributed by atoms with van der Waals surface area (Å²) in [7, 11) is -2.32. The smallest absolute Gasteiger partial charge is 0.326 e. The molecule has 0 saturated carbocycles. The van der Waals surface area contributed by atoms with Crippen molar-refractivity contribution in [1.82, 2.24) is 14.5 Å². The number of nitrogens with zero attached hydrogens (tertiary/aromatic N) is 2. The first-order valence-corrected chi connectivity index (χ1v) is 8.79. The van der Waals surface area contributed by atoms with Gasteiger partial charge in [-0.15, -0.1) is 11.3 Å². The number of carbonyl (C=O) groups is 1. The zero-order valence-corrected chi connectivity index (χ0v) is 14.3. The van der Waals surface area contributed by atoms with Gasteiger partial charge in [-0.25, -0.2) is 8.42 Å². The lowest BCUT2D eigenvalue weighted by molar-refractivity contribution is -0.139. The Morgan fingerprint density at radius 1 is 1.57 bits per heavy atom. The minimum absolute atomic E-state index is 0.0644. The Labute approximate surface area is 133 Å². The summed E-state index contributed by atoms with van der Waals surface area (Å²) in [5.74, 6) is -1.29. The van der Waals surface area contributed by atoms with Gasteiger partial charge in [-0.3, -0.25) is 9.48 Å². The number of carboxylic acids is 1. The Morgan fingerprint density at radius 3 is 2.67 bits per heavy atom. The highest BCUT2D eigenvalue weighted by atomic mass is 79.9. The van der Waals surface area contributed by atoms with Crippen LogP contribution in [0.5, 0.6) is 0 Å². The second-order valence-corrected chi connectivity index (χ2v) is 8.63. The van der Waals surface area contributed by atoms with Gasteiger partial charge >= 0.3 is 5.97 Å². The molecule has 0 radical (unpaired) electrons. The zero-order chi connectivity index (χ0) is 15.8. The fraction of sp³-hybridized carbons (Fsp3) is 0.273. The van der Waals surface area contributed by atoms with Crippen LogP contribution in [0.25, 0.3) is 0 Å². The predicted octanol–water partition coefficient (Wildman–Crippen LogP) is 1.66. The average molecular weight is 394 g/mol. The normalized spacial score (nSPS) is 13.3. The topological polar surface area (TPSA) is 101 Å². The second kappa shape index (κ2) is 5.87. The van der Waals surface area contributed by atoms with E-state index < -0.39 is 22.0 Å². The highest BCUT2D eigenvalue weighted by molar-refractivity contribution is 9.11. The molecule has 0 spiro atoms. The largest absolute Gasteiger partial charge is 0.480 e. The van der Waals surface area contributed by atoms with E-state index in [2.05, 4.69) is 25.8 Å². The van der Waals surface area contributed by atoms with Crippen LogP contribution in [0.4, 0.5) is 0 Å². The van der Waals surface area contributed by atoms with Crippen LogP contribution in [0.15, 0.2) is 27.1 Å². The van der Waals surface area contributed by atoms with E-state index in [1.807, 2.05) is 0 Å². The third-order valence-electron chi connectivity index (χ3n) is 2.71. The third kappa shape index (κ3) is 3.51. The molecule has 0 amide bonds. The Hall–Kier alpha value is -1.23. The predicted molar refractivity (Wildman–Crippen MR) is 80.7 cm³/mol. The molecule has 2 aromatic heterocycles. The molecule has 1 atom stereocenters. The third-order valence-corrected chi connectivity index (χ3v) is 5.94. The quantitative estimate of drug-likeness (QED) is 0.803. The monoisotopic (exact) mass is 393 g/mol. The Morgan fingerprint density at radius 2 is 2.24 bits per heavy atom. The van der Waals surface area contributed by atoms with Crippen LogP contribution in [0.2, 0.25) is 0 Å². The van der Waals surface area contributed by atoms with Crippen molar-refractivity contribution in [3.05, 3.63) is 32.7 Å². The van der Waals surface area contributed by atoms with E-state index in [-0.39, 0.29) is 10.5 Å². The fourth-order valence-electron chi connectivity index (χ4n) is 1.77. The second-order valence-electron chi connectivity index (χ2n) is 4.31. The van der Waals surface area contributed by atoms with Crippen LogP contribution in [-0.2, 0) is 21.9 Å². The van der Waals surface area contributed by atoms with Gasteiger partial charge in [-0.1, -0.05) is 0 Å². The van der Waals surface area contributed by atoms with Gasteiger partial charge in [-0.2, -0.15) is 9.82 Å². The lowest BCUT2D eigenvalue weighted by atomic mass is 10.2. The van der Waals surface area contributed by atoms with E-state index >= 15 is 0 Å². The number of halogens is 1. The van der Waals surface area contributed by atoms with Crippen molar-refractivity contribution in [2.45, 2.75) is 17.9 Å². The molecule has 0 fully saturated rings. The molecule has 10 heteroatoms. The summed E-state index contributed by atoms with van der Waals surface area (Å²) in [5.41, 5.74) is 0.264.